The SMILES string of the molecule is CC(C)CS(=O)(=O)CC(=O)NC(C)(C(=O)O)c1ccc(Cl)c(Cl)c1. The fraction of sp³-hybridized carbons (Fsp3) is 0.467. The minimum Gasteiger partial charge on any atom is -0.479 e. The third kappa shape index (κ3) is 5.36. The van der Waals surface area contributed by atoms with E-state index in [2.05, 4.69) is 5.32 Å². The zero-order valence-electron chi connectivity index (χ0n) is 13.5. The number of hydrogen-bond acceptors (Lipinski definition) is 4. The second-order valence-corrected chi connectivity index (χ2v) is 8.98. The lowest BCUT2D eigenvalue weighted by atomic mass is 9.92. The maximum atomic E-state index is 12.1. The fourth-order valence-electron chi connectivity index (χ4n) is 2.14. The molecule has 0 aliphatic rings. The van der Waals surface area contributed by atoms with E-state index < -0.39 is 33.0 Å². The number of hydrogen-bond donors (Lipinski definition) is 2. The molecule has 1 rings (SSSR count). The van der Waals surface area contributed by atoms with Crippen molar-refractivity contribution in [3.63, 3.8) is 0 Å². The Morgan fingerprint density at radius 1 is 1.25 bits per heavy atom. The number of aliphatic carboxylic acids is 1. The largest absolute Gasteiger partial charge is 0.479 e. The molecule has 1 amide bonds. The quantitative estimate of drug-likeness (QED) is 0.738. The lowest BCUT2D eigenvalue weighted by Crippen LogP contribution is -2.51. The number of sulfone groups is 1. The van der Waals surface area contributed by atoms with E-state index in [9.17, 15) is 23.1 Å². The number of carboxylic acid groups (broad SMARTS) is 1. The van der Waals surface area contributed by atoms with Gasteiger partial charge in [-0.25, -0.2) is 13.2 Å². The Bertz CT molecular complexity index is 748. The molecule has 9 heteroatoms. The smallest absolute Gasteiger partial charge is 0.333 e. The van der Waals surface area contributed by atoms with Gasteiger partial charge in [0.2, 0.25) is 5.91 Å². The summed E-state index contributed by atoms with van der Waals surface area (Å²) in [5.41, 5.74) is -1.66. The molecular formula is C15H19Cl2NO5S. The average Bonchev–Trinajstić information content (AvgIpc) is 2.38. The first-order valence-corrected chi connectivity index (χ1v) is 9.65. The monoisotopic (exact) mass is 395 g/mol. The van der Waals surface area contributed by atoms with Gasteiger partial charge in [0.15, 0.2) is 15.4 Å². The molecule has 0 spiro atoms. The highest BCUT2D eigenvalue weighted by Crippen LogP contribution is 2.29. The second kappa shape index (κ2) is 7.72. The van der Waals surface area contributed by atoms with Crippen LogP contribution in [0, 0.1) is 5.92 Å². The van der Waals surface area contributed by atoms with E-state index in [-0.39, 0.29) is 27.3 Å². The van der Waals surface area contributed by atoms with Crippen LogP contribution in [-0.4, -0.2) is 36.9 Å². The van der Waals surface area contributed by atoms with Crippen LogP contribution in [0.25, 0.3) is 0 Å². The van der Waals surface area contributed by atoms with Gasteiger partial charge in [0.1, 0.15) is 5.75 Å². The summed E-state index contributed by atoms with van der Waals surface area (Å²) < 4.78 is 23.8. The summed E-state index contributed by atoms with van der Waals surface area (Å²) in [6, 6.07) is 4.13. The Morgan fingerprint density at radius 3 is 2.29 bits per heavy atom. The molecule has 1 unspecified atom stereocenters. The molecule has 134 valence electrons. The van der Waals surface area contributed by atoms with Crippen molar-refractivity contribution in [2.45, 2.75) is 26.3 Å². The highest BCUT2D eigenvalue weighted by Gasteiger charge is 2.38. The average molecular weight is 396 g/mol. The van der Waals surface area contributed by atoms with Gasteiger partial charge >= 0.3 is 5.97 Å². The first-order valence-electron chi connectivity index (χ1n) is 7.08. The standard InChI is InChI=1S/C15H19Cl2NO5S/c1-9(2)7-24(22,23)8-13(19)18-15(3,14(20)21)10-4-5-11(16)12(17)6-10/h4-6,9H,7-8H2,1-3H3,(H,18,19)(H,20,21). The van der Waals surface area contributed by atoms with Crippen LogP contribution in [0.4, 0.5) is 0 Å². The predicted molar refractivity (Wildman–Crippen MR) is 93.1 cm³/mol. The molecule has 0 heterocycles. The maximum Gasteiger partial charge on any atom is 0.333 e. The number of rotatable bonds is 7. The van der Waals surface area contributed by atoms with Gasteiger partial charge in [-0.15, -0.1) is 0 Å². The first-order chi connectivity index (χ1) is 10.9. The van der Waals surface area contributed by atoms with Crippen molar-refractivity contribution in [2.24, 2.45) is 5.92 Å². The molecule has 0 aliphatic heterocycles. The Labute approximate surface area is 151 Å². The highest BCUT2D eigenvalue weighted by molar-refractivity contribution is 7.92. The van der Waals surface area contributed by atoms with Gasteiger partial charge in [-0.05, 0) is 30.5 Å². The van der Waals surface area contributed by atoms with Crippen LogP contribution in [-0.2, 0) is 25.0 Å². The number of benzene rings is 1. The Hall–Kier alpha value is -1.31. The van der Waals surface area contributed by atoms with Gasteiger partial charge in [-0.1, -0.05) is 43.1 Å². The van der Waals surface area contributed by atoms with Crippen molar-refractivity contribution in [3.05, 3.63) is 33.8 Å². The molecule has 6 nitrogen and oxygen atoms in total. The van der Waals surface area contributed by atoms with E-state index in [0.29, 0.717) is 0 Å². The predicted octanol–water partition coefficient (Wildman–Crippen LogP) is 2.48. The molecule has 1 aromatic rings. The van der Waals surface area contributed by atoms with E-state index in [1.165, 1.54) is 25.1 Å². The summed E-state index contributed by atoms with van der Waals surface area (Å²) in [5.74, 6) is -3.32. The molecule has 0 saturated heterocycles. The molecule has 0 fully saturated rings. The third-order valence-corrected chi connectivity index (χ3v) is 5.87. The summed E-state index contributed by atoms with van der Waals surface area (Å²) in [7, 11) is -3.63. The number of halogens is 2. The molecule has 0 radical (unpaired) electrons. The van der Waals surface area contributed by atoms with Crippen molar-refractivity contribution < 1.29 is 23.1 Å². The van der Waals surface area contributed by atoms with Crippen molar-refractivity contribution in [3.8, 4) is 0 Å². The first kappa shape index (κ1) is 20.7. The molecule has 1 aromatic carbocycles. The zero-order chi connectivity index (χ0) is 18.7. The molecule has 0 aromatic heterocycles. The van der Waals surface area contributed by atoms with Crippen molar-refractivity contribution >= 4 is 44.9 Å². The topological polar surface area (TPSA) is 101 Å². The normalized spacial score (nSPS) is 14.2. The molecule has 0 bridgehead atoms. The fourth-order valence-corrected chi connectivity index (χ4v) is 4.04. The van der Waals surface area contributed by atoms with E-state index >= 15 is 0 Å². The van der Waals surface area contributed by atoms with E-state index in [1.54, 1.807) is 13.8 Å². The van der Waals surface area contributed by atoms with Crippen LogP contribution in [0.15, 0.2) is 18.2 Å². The Kier molecular flexibility index (Phi) is 6.67. The van der Waals surface area contributed by atoms with Crippen molar-refractivity contribution in [1.29, 1.82) is 0 Å². The molecule has 2 N–H and O–H groups in total. The molecule has 24 heavy (non-hydrogen) atoms. The second-order valence-electron chi connectivity index (χ2n) is 6.06. The highest BCUT2D eigenvalue weighted by atomic mass is 35.5. The molecular weight excluding hydrogens is 377 g/mol. The van der Waals surface area contributed by atoms with E-state index in [4.69, 9.17) is 23.2 Å². The van der Waals surface area contributed by atoms with E-state index in [0.717, 1.165) is 0 Å². The lowest BCUT2D eigenvalue weighted by molar-refractivity contribution is -0.147. The number of carbonyl (C=O) groups is 2. The minimum absolute atomic E-state index is 0.128. The van der Waals surface area contributed by atoms with Gasteiger partial charge in [0, 0.05) is 0 Å². The summed E-state index contributed by atoms with van der Waals surface area (Å²) in [4.78, 5) is 23.7. The number of carboxylic acids is 1. The van der Waals surface area contributed by atoms with Gasteiger partial charge in [0.05, 0.1) is 15.8 Å². The van der Waals surface area contributed by atoms with E-state index in [1.807, 2.05) is 0 Å². The lowest BCUT2D eigenvalue weighted by Gasteiger charge is -2.27. The van der Waals surface area contributed by atoms with Crippen LogP contribution in [0.5, 0.6) is 0 Å². The molecule has 1 atom stereocenters. The van der Waals surface area contributed by atoms with Crippen LogP contribution in [0.3, 0.4) is 0 Å². The zero-order valence-corrected chi connectivity index (χ0v) is 15.8. The van der Waals surface area contributed by atoms with Gasteiger partial charge < -0.3 is 10.4 Å². The Balaban J connectivity index is 3.07. The Morgan fingerprint density at radius 2 is 1.83 bits per heavy atom. The summed E-state index contributed by atoms with van der Waals surface area (Å²) in [6.07, 6.45) is 0. The summed E-state index contributed by atoms with van der Waals surface area (Å²) >= 11 is 11.7. The van der Waals surface area contributed by atoms with Crippen molar-refractivity contribution in [2.75, 3.05) is 11.5 Å². The van der Waals surface area contributed by atoms with Crippen LogP contribution in [0.1, 0.15) is 26.3 Å². The molecule has 0 saturated carbocycles. The number of nitrogens with one attached hydrogen (secondary N) is 1. The minimum atomic E-state index is -3.63. The molecule has 0 aliphatic carbocycles. The third-order valence-electron chi connectivity index (χ3n) is 3.25. The van der Waals surface area contributed by atoms with Gasteiger partial charge in [-0.3, -0.25) is 4.79 Å². The van der Waals surface area contributed by atoms with Crippen LogP contribution in [0.2, 0.25) is 10.0 Å². The van der Waals surface area contributed by atoms with Gasteiger partial charge in [-0.2, -0.15) is 0 Å². The maximum absolute atomic E-state index is 12.1. The van der Waals surface area contributed by atoms with Gasteiger partial charge in [0.25, 0.3) is 0 Å². The number of carbonyl (C=O) groups excluding carboxylic acids is 1. The number of amides is 1. The van der Waals surface area contributed by atoms with Crippen LogP contribution < -0.4 is 5.32 Å². The summed E-state index contributed by atoms with van der Waals surface area (Å²) in [5, 5.41) is 12.1. The van der Waals surface area contributed by atoms with Crippen LogP contribution >= 0.6 is 23.2 Å². The van der Waals surface area contributed by atoms with Crippen molar-refractivity contribution in [1.82, 2.24) is 5.32 Å². The summed E-state index contributed by atoms with van der Waals surface area (Å²) in [6.45, 7) is 4.68.